The summed E-state index contributed by atoms with van der Waals surface area (Å²) in [6, 6.07) is 4.84. The summed E-state index contributed by atoms with van der Waals surface area (Å²) in [5, 5.41) is 9.40. The molecule has 0 aliphatic carbocycles. The van der Waals surface area contributed by atoms with Crippen LogP contribution in [0.2, 0.25) is 0 Å². The molecular weight excluding hydrogens is 258 g/mol. The number of halogens is 2. The molecule has 19 heavy (non-hydrogen) atoms. The van der Waals surface area contributed by atoms with Crippen molar-refractivity contribution in [2.75, 3.05) is 13.7 Å². The molecule has 1 unspecified atom stereocenters. The lowest BCUT2D eigenvalue weighted by atomic mass is 10.0. The van der Waals surface area contributed by atoms with Gasteiger partial charge in [-0.2, -0.15) is 8.78 Å². The zero-order valence-corrected chi connectivity index (χ0v) is 10.7. The van der Waals surface area contributed by atoms with Gasteiger partial charge in [0.25, 0.3) is 0 Å². The first-order valence-corrected chi connectivity index (χ1v) is 5.80. The zero-order chi connectivity index (χ0) is 14.5. The maximum atomic E-state index is 13.9. The Labute approximate surface area is 109 Å². The van der Waals surface area contributed by atoms with Gasteiger partial charge < -0.3 is 14.6 Å². The Bertz CT molecular complexity index is 417. The molecule has 6 heteroatoms. The van der Waals surface area contributed by atoms with E-state index in [1.807, 2.05) is 0 Å². The van der Waals surface area contributed by atoms with Crippen LogP contribution < -0.4 is 4.74 Å². The Morgan fingerprint density at radius 1 is 1.37 bits per heavy atom. The van der Waals surface area contributed by atoms with Crippen molar-refractivity contribution in [3.63, 3.8) is 0 Å². The third-order valence-corrected chi connectivity index (χ3v) is 2.49. The Hall–Kier alpha value is -1.69. The molecule has 1 atom stereocenters. The van der Waals surface area contributed by atoms with Crippen LogP contribution in [0.1, 0.15) is 18.9 Å². The van der Waals surface area contributed by atoms with Crippen LogP contribution in [-0.2, 0) is 15.5 Å². The molecule has 0 saturated carbocycles. The summed E-state index contributed by atoms with van der Waals surface area (Å²) in [5.41, 5.74) is -0.478. The van der Waals surface area contributed by atoms with Crippen LogP contribution in [0, 0.1) is 0 Å². The molecule has 0 heterocycles. The second-order valence-corrected chi connectivity index (χ2v) is 3.92. The molecule has 0 spiro atoms. The smallest absolute Gasteiger partial charge is 0.341 e. The van der Waals surface area contributed by atoms with Crippen LogP contribution in [-0.4, -0.2) is 30.9 Å². The number of carbonyl (C=O) groups excluding carboxylic acids is 1. The molecule has 4 nitrogen and oxygen atoms in total. The fraction of sp³-hybridized carbons (Fsp3) is 0.462. The molecule has 1 rings (SSSR count). The van der Waals surface area contributed by atoms with Crippen LogP contribution in [0.25, 0.3) is 0 Å². The summed E-state index contributed by atoms with van der Waals surface area (Å²) in [7, 11) is 1.41. The average Bonchev–Trinajstić information content (AvgIpc) is 2.43. The van der Waals surface area contributed by atoms with Crippen molar-refractivity contribution in [2.45, 2.75) is 25.4 Å². The number of esters is 1. The highest BCUT2D eigenvalue weighted by atomic mass is 19.3. The number of hydrogen-bond acceptors (Lipinski definition) is 4. The van der Waals surface area contributed by atoms with Gasteiger partial charge in [0.15, 0.2) is 0 Å². The minimum absolute atomic E-state index is 0.00537. The molecule has 1 N–H and O–H groups in total. The number of methoxy groups -OCH3 is 1. The number of hydrogen-bond donors (Lipinski definition) is 1. The number of rotatable bonds is 6. The molecule has 0 aliphatic heterocycles. The summed E-state index contributed by atoms with van der Waals surface area (Å²) >= 11 is 0. The highest BCUT2D eigenvalue weighted by Crippen LogP contribution is 2.33. The second-order valence-electron chi connectivity index (χ2n) is 3.92. The van der Waals surface area contributed by atoms with Crippen molar-refractivity contribution >= 4 is 5.97 Å². The van der Waals surface area contributed by atoms with E-state index in [2.05, 4.69) is 4.74 Å². The van der Waals surface area contributed by atoms with Crippen molar-refractivity contribution < 1.29 is 28.2 Å². The van der Waals surface area contributed by atoms with Crippen LogP contribution in [0.15, 0.2) is 24.3 Å². The van der Waals surface area contributed by atoms with Gasteiger partial charge in [-0.05, 0) is 30.7 Å². The lowest BCUT2D eigenvalue weighted by molar-refractivity contribution is -0.179. The van der Waals surface area contributed by atoms with E-state index in [0.29, 0.717) is 12.2 Å². The minimum atomic E-state index is -3.71. The first-order valence-electron chi connectivity index (χ1n) is 5.80. The molecule has 0 bridgehead atoms. The van der Waals surface area contributed by atoms with Crippen molar-refractivity contribution in [3.05, 3.63) is 29.8 Å². The molecule has 0 fully saturated rings. The molecule has 106 valence electrons. The first kappa shape index (κ1) is 15.4. The molecule has 0 radical (unpaired) electrons. The van der Waals surface area contributed by atoms with Crippen molar-refractivity contribution in [3.8, 4) is 5.75 Å². The monoisotopic (exact) mass is 274 g/mol. The molecule has 0 amide bonds. The van der Waals surface area contributed by atoms with Gasteiger partial charge in [-0.25, -0.2) is 4.79 Å². The zero-order valence-electron chi connectivity index (χ0n) is 10.7. The Balaban J connectivity index is 2.85. The van der Waals surface area contributed by atoms with E-state index in [1.54, 1.807) is 6.92 Å². The molecular formula is C13H16F2O4. The molecule has 0 aliphatic rings. The van der Waals surface area contributed by atoms with Crippen molar-refractivity contribution in [1.82, 2.24) is 0 Å². The fourth-order valence-electron chi connectivity index (χ4n) is 1.40. The number of alkyl halides is 2. The first-order chi connectivity index (χ1) is 8.93. The van der Waals surface area contributed by atoms with E-state index in [1.165, 1.54) is 19.2 Å². The van der Waals surface area contributed by atoms with E-state index in [9.17, 15) is 18.7 Å². The van der Waals surface area contributed by atoms with Crippen molar-refractivity contribution in [2.24, 2.45) is 0 Å². The fourth-order valence-corrected chi connectivity index (χ4v) is 1.40. The van der Waals surface area contributed by atoms with Crippen LogP contribution in [0.3, 0.4) is 0 Å². The van der Waals surface area contributed by atoms with Gasteiger partial charge in [0.1, 0.15) is 5.75 Å². The van der Waals surface area contributed by atoms with E-state index >= 15 is 0 Å². The SMILES string of the molecule is CCCOC(=O)C(O)C(F)(F)c1ccc(OC)cc1. The summed E-state index contributed by atoms with van der Waals surface area (Å²) in [6.07, 6.45) is -2.03. The lowest BCUT2D eigenvalue weighted by Gasteiger charge is -2.21. The van der Waals surface area contributed by atoms with Gasteiger partial charge in [-0.3, -0.25) is 0 Å². The van der Waals surface area contributed by atoms with Crippen LogP contribution in [0.4, 0.5) is 8.78 Å². The van der Waals surface area contributed by atoms with E-state index in [-0.39, 0.29) is 6.61 Å². The maximum absolute atomic E-state index is 13.9. The summed E-state index contributed by atoms with van der Waals surface area (Å²) in [5.74, 6) is -4.64. The third kappa shape index (κ3) is 3.64. The lowest BCUT2D eigenvalue weighted by Crippen LogP contribution is -2.39. The Morgan fingerprint density at radius 2 is 1.95 bits per heavy atom. The Morgan fingerprint density at radius 3 is 2.42 bits per heavy atom. The summed E-state index contributed by atoms with van der Waals surface area (Å²) in [4.78, 5) is 11.3. The van der Waals surface area contributed by atoms with E-state index in [0.717, 1.165) is 12.1 Å². The molecule has 0 saturated heterocycles. The number of benzene rings is 1. The van der Waals surface area contributed by atoms with Crippen molar-refractivity contribution in [1.29, 1.82) is 0 Å². The van der Waals surface area contributed by atoms with Gasteiger partial charge in [0.05, 0.1) is 13.7 Å². The highest BCUT2D eigenvalue weighted by Gasteiger charge is 2.46. The van der Waals surface area contributed by atoms with Gasteiger partial charge in [0, 0.05) is 5.56 Å². The maximum Gasteiger partial charge on any atom is 0.341 e. The van der Waals surface area contributed by atoms with Gasteiger partial charge >= 0.3 is 11.9 Å². The largest absolute Gasteiger partial charge is 0.497 e. The molecule has 1 aromatic carbocycles. The van der Waals surface area contributed by atoms with E-state index < -0.39 is 23.6 Å². The van der Waals surface area contributed by atoms with E-state index in [4.69, 9.17) is 4.74 Å². The average molecular weight is 274 g/mol. The second kappa shape index (κ2) is 6.47. The molecule has 0 aromatic heterocycles. The summed E-state index contributed by atoms with van der Waals surface area (Å²) < 4.78 is 37.1. The number of ether oxygens (including phenoxy) is 2. The number of carbonyl (C=O) groups is 1. The summed E-state index contributed by atoms with van der Waals surface area (Å²) in [6.45, 7) is 1.72. The minimum Gasteiger partial charge on any atom is -0.497 e. The number of aliphatic hydroxyl groups is 1. The predicted molar refractivity (Wildman–Crippen MR) is 64.1 cm³/mol. The standard InChI is InChI=1S/C13H16F2O4/c1-3-8-19-12(17)11(16)13(14,15)9-4-6-10(18-2)7-5-9/h4-7,11,16H,3,8H2,1-2H3. The normalized spacial score (nSPS) is 12.9. The van der Waals surface area contributed by atoms with Crippen LogP contribution in [0.5, 0.6) is 5.75 Å². The van der Waals surface area contributed by atoms with Gasteiger partial charge in [-0.15, -0.1) is 0 Å². The Kier molecular flexibility index (Phi) is 5.23. The quantitative estimate of drug-likeness (QED) is 0.807. The van der Waals surface area contributed by atoms with Gasteiger partial charge in [-0.1, -0.05) is 6.92 Å². The number of aliphatic hydroxyl groups excluding tert-OH is 1. The highest BCUT2D eigenvalue weighted by molar-refractivity contribution is 5.76. The topological polar surface area (TPSA) is 55.8 Å². The third-order valence-electron chi connectivity index (χ3n) is 2.49. The van der Waals surface area contributed by atoms with Gasteiger partial charge in [0.2, 0.25) is 6.10 Å². The molecule has 1 aromatic rings. The predicted octanol–water partition coefficient (Wildman–Crippen LogP) is 2.10. The van der Waals surface area contributed by atoms with Crippen LogP contribution >= 0.6 is 0 Å².